The largest absolute Gasteiger partial charge is 0.490 e. The van der Waals surface area contributed by atoms with Gasteiger partial charge in [0, 0.05) is 29.9 Å². The average Bonchev–Trinajstić information content (AvgIpc) is 3.45. The molecule has 1 aromatic carbocycles. The van der Waals surface area contributed by atoms with E-state index in [1.807, 2.05) is 19.1 Å². The van der Waals surface area contributed by atoms with E-state index in [4.69, 9.17) is 14.0 Å². The van der Waals surface area contributed by atoms with Crippen molar-refractivity contribution in [1.82, 2.24) is 15.1 Å². The molecule has 1 atom stereocenters. The quantitative estimate of drug-likeness (QED) is 0.466. The predicted octanol–water partition coefficient (Wildman–Crippen LogP) is 4.60. The number of aryl methyl sites for hydroxylation is 3. The lowest BCUT2D eigenvalue weighted by Gasteiger charge is -2.20. The first kappa shape index (κ1) is 21.3. The van der Waals surface area contributed by atoms with Crippen LogP contribution in [0.15, 0.2) is 28.8 Å². The summed E-state index contributed by atoms with van der Waals surface area (Å²) in [7, 11) is 0. The first-order chi connectivity index (χ1) is 15.0. The molecule has 1 fully saturated rings. The van der Waals surface area contributed by atoms with Crippen LogP contribution >= 0.6 is 0 Å². The monoisotopic (exact) mass is 422 g/mol. The Hall–Kier alpha value is -2.93. The van der Waals surface area contributed by atoms with E-state index in [1.54, 1.807) is 0 Å². The van der Waals surface area contributed by atoms with Crippen molar-refractivity contribution >= 4 is 5.82 Å². The van der Waals surface area contributed by atoms with Crippen molar-refractivity contribution in [1.29, 1.82) is 0 Å². The molecule has 0 spiro atoms. The first-order valence-corrected chi connectivity index (χ1v) is 11.0. The van der Waals surface area contributed by atoms with Crippen LogP contribution in [-0.4, -0.2) is 47.5 Å². The van der Waals surface area contributed by atoms with Gasteiger partial charge < -0.3 is 18.9 Å². The Kier molecular flexibility index (Phi) is 6.23. The van der Waals surface area contributed by atoms with Crippen LogP contribution in [0.1, 0.15) is 37.6 Å². The Bertz CT molecular complexity index is 1050. The fourth-order valence-electron chi connectivity index (χ4n) is 3.73. The van der Waals surface area contributed by atoms with Gasteiger partial charge in [0.05, 0.1) is 6.61 Å². The molecule has 7 heteroatoms. The molecule has 4 rings (SSSR count). The molecule has 164 valence electrons. The third-order valence-corrected chi connectivity index (χ3v) is 5.51. The summed E-state index contributed by atoms with van der Waals surface area (Å²) in [6.45, 7) is 13.6. The zero-order valence-corrected chi connectivity index (χ0v) is 18.9. The maximum absolute atomic E-state index is 6.02. The number of hydrogen-bond donors (Lipinski definition) is 0. The highest BCUT2D eigenvalue weighted by atomic mass is 16.6. The van der Waals surface area contributed by atoms with Crippen LogP contribution in [0.5, 0.6) is 5.75 Å². The van der Waals surface area contributed by atoms with Gasteiger partial charge >= 0.3 is 0 Å². The van der Waals surface area contributed by atoms with Crippen molar-refractivity contribution in [3.05, 3.63) is 41.1 Å². The van der Waals surface area contributed by atoms with Gasteiger partial charge in [0.2, 0.25) is 5.82 Å². The SMILES string of the molecule is CCc1cc(-c2noc(-c3cc(C)nc(N(CC)CC)c3)n2)cc(C)c1OCC1CO1. The first-order valence-electron chi connectivity index (χ1n) is 11.0. The van der Waals surface area contributed by atoms with Gasteiger partial charge in [-0.2, -0.15) is 4.98 Å². The predicted molar refractivity (Wildman–Crippen MR) is 121 cm³/mol. The van der Waals surface area contributed by atoms with E-state index in [0.29, 0.717) is 18.3 Å². The van der Waals surface area contributed by atoms with Crippen molar-refractivity contribution in [2.45, 2.75) is 47.1 Å². The van der Waals surface area contributed by atoms with Crippen molar-refractivity contribution in [3.8, 4) is 28.6 Å². The summed E-state index contributed by atoms with van der Waals surface area (Å²) < 4.78 is 16.9. The second kappa shape index (κ2) is 9.06. The molecule has 0 bridgehead atoms. The van der Waals surface area contributed by atoms with Gasteiger partial charge in [-0.1, -0.05) is 12.1 Å². The summed E-state index contributed by atoms with van der Waals surface area (Å²) in [4.78, 5) is 11.6. The Labute approximate surface area is 183 Å². The number of nitrogens with zero attached hydrogens (tertiary/aromatic N) is 4. The van der Waals surface area contributed by atoms with Crippen LogP contribution in [-0.2, 0) is 11.2 Å². The third-order valence-electron chi connectivity index (χ3n) is 5.51. The second-order valence-corrected chi connectivity index (χ2v) is 7.85. The van der Waals surface area contributed by atoms with E-state index in [0.717, 1.165) is 65.6 Å². The number of benzene rings is 1. The lowest BCUT2D eigenvalue weighted by molar-refractivity contribution is 0.260. The van der Waals surface area contributed by atoms with Gasteiger partial charge in [-0.25, -0.2) is 4.98 Å². The summed E-state index contributed by atoms with van der Waals surface area (Å²) in [5.74, 6) is 2.92. The van der Waals surface area contributed by atoms with Gasteiger partial charge in [0.1, 0.15) is 24.3 Å². The fraction of sp³-hybridized carbons (Fsp3) is 0.458. The van der Waals surface area contributed by atoms with Crippen LogP contribution in [0.2, 0.25) is 0 Å². The number of epoxide rings is 1. The molecule has 2 aromatic heterocycles. The zero-order chi connectivity index (χ0) is 22.0. The van der Waals surface area contributed by atoms with E-state index in [-0.39, 0.29) is 6.10 Å². The number of ether oxygens (including phenoxy) is 2. The molecular formula is C24H30N4O3. The molecule has 0 amide bonds. The summed E-state index contributed by atoms with van der Waals surface area (Å²) in [5.41, 5.74) is 4.92. The molecule has 1 aliphatic rings. The summed E-state index contributed by atoms with van der Waals surface area (Å²) in [6.07, 6.45) is 1.09. The normalized spacial score (nSPS) is 15.2. The Morgan fingerprint density at radius 3 is 2.48 bits per heavy atom. The minimum atomic E-state index is 0.230. The average molecular weight is 423 g/mol. The minimum absolute atomic E-state index is 0.230. The number of aromatic nitrogens is 3. The summed E-state index contributed by atoms with van der Waals surface area (Å²) in [6, 6.07) is 8.13. The summed E-state index contributed by atoms with van der Waals surface area (Å²) in [5, 5.41) is 4.26. The zero-order valence-electron chi connectivity index (χ0n) is 18.9. The number of anilines is 1. The molecule has 1 aliphatic heterocycles. The van der Waals surface area contributed by atoms with Gasteiger partial charge in [-0.15, -0.1) is 0 Å². The number of hydrogen-bond acceptors (Lipinski definition) is 7. The highest BCUT2D eigenvalue weighted by Gasteiger charge is 2.24. The molecule has 0 radical (unpaired) electrons. The number of rotatable bonds is 9. The minimum Gasteiger partial charge on any atom is -0.490 e. The topological polar surface area (TPSA) is 76.8 Å². The van der Waals surface area contributed by atoms with Crippen LogP contribution in [0, 0.1) is 13.8 Å². The van der Waals surface area contributed by atoms with Crippen LogP contribution < -0.4 is 9.64 Å². The van der Waals surface area contributed by atoms with E-state index < -0.39 is 0 Å². The third kappa shape index (κ3) is 4.71. The van der Waals surface area contributed by atoms with Gasteiger partial charge in [0.25, 0.3) is 5.89 Å². The Morgan fingerprint density at radius 2 is 1.81 bits per heavy atom. The highest BCUT2D eigenvalue weighted by molar-refractivity contribution is 5.65. The highest BCUT2D eigenvalue weighted by Crippen LogP contribution is 2.32. The molecule has 7 nitrogen and oxygen atoms in total. The standard InChI is InChI=1S/C24H30N4O3/c1-6-17-11-18(9-15(4)22(17)30-14-20-13-29-20)23-26-24(31-27-23)19-10-16(5)25-21(12-19)28(7-2)8-3/h9-12,20H,6-8,13-14H2,1-5H3. The Balaban J connectivity index is 1.63. The maximum atomic E-state index is 6.02. The van der Waals surface area contributed by atoms with Crippen molar-refractivity contribution in [3.63, 3.8) is 0 Å². The molecular weight excluding hydrogens is 392 g/mol. The van der Waals surface area contributed by atoms with Gasteiger partial charge in [-0.3, -0.25) is 0 Å². The van der Waals surface area contributed by atoms with E-state index in [2.05, 4.69) is 59.9 Å². The van der Waals surface area contributed by atoms with E-state index in [1.165, 1.54) is 0 Å². The number of pyridine rings is 1. The molecule has 0 N–H and O–H groups in total. The molecule has 3 heterocycles. The maximum Gasteiger partial charge on any atom is 0.258 e. The van der Waals surface area contributed by atoms with Crippen LogP contribution in [0.4, 0.5) is 5.82 Å². The van der Waals surface area contributed by atoms with Gasteiger partial charge in [0.15, 0.2) is 0 Å². The fourth-order valence-corrected chi connectivity index (χ4v) is 3.73. The molecule has 3 aromatic rings. The van der Waals surface area contributed by atoms with E-state index in [9.17, 15) is 0 Å². The lowest BCUT2D eigenvalue weighted by atomic mass is 10.0. The smallest absolute Gasteiger partial charge is 0.258 e. The van der Waals surface area contributed by atoms with Crippen molar-refractivity contribution < 1.29 is 14.0 Å². The summed E-state index contributed by atoms with van der Waals surface area (Å²) >= 11 is 0. The molecule has 1 unspecified atom stereocenters. The van der Waals surface area contributed by atoms with Crippen molar-refractivity contribution in [2.24, 2.45) is 0 Å². The Morgan fingerprint density at radius 1 is 1.03 bits per heavy atom. The van der Waals surface area contributed by atoms with E-state index >= 15 is 0 Å². The molecule has 1 saturated heterocycles. The van der Waals surface area contributed by atoms with Gasteiger partial charge in [-0.05, 0) is 69.5 Å². The molecule has 31 heavy (non-hydrogen) atoms. The molecule has 0 aliphatic carbocycles. The second-order valence-electron chi connectivity index (χ2n) is 7.85. The van der Waals surface area contributed by atoms with Crippen LogP contribution in [0.25, 0.3) is 22.8 Å². The molecule has 0 saturated carbocycles. The van der Waals surface area contributed by atoms with Crippen LogP contribution in [0.3, 0.4) is 0 Å². The van der Waals surface area contributed by atoms with Crippen molar-refractivity contribution in [2.75, 3.05) is 31.2 Å². The lowest BCUT2D eigenvalue weighted by Crippen LogP contribution is -2.23.